The predicted octanol–water partition coefficient (Wildman–Crippen LogP) is 2.14. The molecule has 0 aliphatic heterocycles. The molecule has 0 amide bonds. The van der Waals surface area contributed by atoms with Gasteiger partial charge in [-0.3, -0.25) is 0 Å². The highest BCUT2D eigenvalue weighted by Gasteiger charge is 2.05. The molecule has 0 saturated carbocycles. The van der Waals surface area contributed by atoms with Crippen LogP contribution in [-0.2, 0) is 6.54 Å². The third kappa shape index (κ3) is 2.19. The van der Waals surface area contributed by atoms with Gasteiger partial charge in [-0.15, -0.1) is 5.10 Å². The fourth-order valence-corrected chi connectivity index (χ4v) is 2.04. The number of halogens is 2. The molecule has 0 bridgehead atoms. The largest absolute Gasteiger partial charge is 0.325 e. The summed E-state index contributed by atoms with van der Waals surface area (Å²) in [6, 6.07) is 5.47. The molecule has 2 aromatic rings. The van der Waals surface area contributed by atoms with Crippen LogP contribution in [0.25, 0.3) is 5.69 Å². The maximum Gasteiger partial charge on any atom is 0.0967 e. The summed E-state index contributed by atoms with van der Waals surface area (Å²) in [4.78, 5) is 0. The van der Waals surface area contributed by atoms with Crippen molar-refractivity contribution in [2.45, 2.75) is 6.54 Å². The Hall–Kier alpha value is -0.910. The van der Waals surface area contributed by atoms with Crippen molar-refractivity contribution >= 4 is 27.5 Å². The highest BCUT2D eigenvalue weighted by molar-refractivity contribution is 9.10. The fraction of sp³-hybridized carbons (Fsp3) is 0.111. The van der Waals surface area contributed by atoms with Crippen molar-refractivity contribution in [1.82, 2.24) is 15.0 Å². The predicted molar refractivity (Wildman–Crippen MR) is 62.0 cm³/mol. The second-order valence-electron chi connectivity index (χ2n) is 2.95. The summed E-state index contributed by atoms with van der Waals surface area (Å²) in [6.07, 6.45) is 1.79. The average Bonchev–Trinajstić information content (AvgIpc) is 2.66. The van der Waals surface area contributed by atoms with E-state index in [1.807, 2.05) is 6.07 Å². The van der Waals surface area contributed by atoms with Gasteiger partial charge in [0.05, 0.1) is 17.6 Å². The van der Waals surface area contributed by atoms with E-state index in [4.69, 9.17) is 17.3 Å². The Balaban J connectivity index is 2.44. The van der Waals surface area contributed by atoms with E-state index in [0.29, 0.717) is 11.6 Å². The molecule has 78 valence electrons. The van der Waals surface area contributed by atoms with Crippen molar-refractivity contribution in [2.24, 2.45) is 5.73 Å². The molecule has 1 aromatic heterocycles. The Bertz CT molecular complexity index is 483. The van der Waals surface area contributed by atoms with E-state index in [0.717, 1.165) is 15.9 Å². The van der Waals surface area contributed by atoms with Gasteiger partial charge in [-0.25, -0.2) is 4.68 Å². The zero-order valence-electron chi connectivity index (χ0n) is 7.69. The molecule has 2 rings (SSSR count). The van der Waals surface area contributed by atoms with E-state index in [9.17, 15) is 0 Å². The van der Waals surface area contributed by atoms with Gasteiger partial charge in [-0.05, 0) is 34.1 Å². The molecule has 1 heterocycles. The van der Waals surface area contributed by atoms with Gasteiger partial charge < -0.3 is 5.73 Å². The Morgan fingerprint density at radius 3 is 2.87 bits per heavy atom. The molecule has 0 unspecified atom stereocenters. The second kappa shape index (κ2) is 4.30. The number of benzene rings is 1. The third-order valence-electron chi connectivity index (χ3n) is 1.91. The highest BCUT2D eigenvalue weighted by atomic mass is 79.9. The van der Waals surface area contributed by atoms with Crippen molar-refractivity contribution < 1.29 is 0 Å². The SMILES string of the molecule is NCc1cn(-c2ccc(Cl)cc2Br)nn1. The molecule has 2 N–H and O–H groups in total. The molecule has 0 saturated heterocycles. The third-order valence-corrected chi connectivity index (χ3v) is 2.78. The summed E-state index contributed by atoms with van der Waals surface area (Å²) in [5.74, 6) is 0. The number of nitrogens with two attached hydrogens (primary N) is 1. The molecule has 0 aliphatic rings. The van der Waals surface area contributed by atoms with Crippen LogP contribution in [0.4, 0.5) is 0 Å². The van der Waals surface area contributed by atoms with Gasteiger partial charge in [-0.1, -0.05) is 16.8 Å². The van der Waals surface area contributed by atoms with Gasteiger partial charge in [0.2, 0.25) is 0 Å². The van der Waals surface area contributed by atoms with Crippen LogP contribution in [0.3, 0.4) is 0 Å². The lowest BCUT2D eigenvalue weighted by atomic mass is 10.3. The quantitative estimate of drug-likeness (QED) is 0.920. The van der Waals surface area contributed by atoms with Gasteiger partial charge in [-0.2, -0.15) is 0 Å². The first-order chi connectivity index (χ1) is 7.20. The summed E-state index contributed by atoms with van der Waals surface area (Å²) in [6.45, 7) is 0.380. The van der Waals surface area contributed by atoms with Gasteiger partial charge in [0.25, 0.3) is 0 Å². The molecule has 0 spiro atoms. The van der Waals surface area contributed by atoms with Gasteiger partial charge >= 0.3 is 0 Å². The van der Waals surface area contributed by atoms with E-state index in [1.165, 1.54) is 0 Å². The molecular weight excluding hydrogens is 279 g/mol. The Morgan fingerprint density at radius 1 is 1.47 bits per heavy atom. The monoisotopic (exact) mass is 286 g/mol. The summed E-state index contributed by atoms with van der Waals surface area (Å²) in [5, 5.41) is 8.54. The Labute approximate surface area is 100 Å². The molecular formula is C9H8BrClN4. The molecule has 1 aromatic carbocycles. The summed E-state index contributed by atoms with van der Waals surface area (Å²) >= 11 is 9.25. The highest BCUT2D eigenvalue weighted by Crippen LogP contribution is 2.24. The molecule has 0 atom stereocenters. The van der Waals surface area contributed by atoms with E-state index < -0.39 is 0 Å². The van der Waals surface area contributed by atoms with Gasteiger partial charge in [0.1, 0.15) is 0 Å². The minimum atomic E-state index is 0.380. The lowest BCUT2D eigenvalue weighted by molar-refractivity contribution is 0.794. The Morgan fingerprint density at radius 2 is 2.27 bits per heavy atom. The summed E-state index contributed by atoms with van der Waals surface area (Å²) in [7, 11) is 0. The van der Waals surface area contributed by atoms with Gasteiger partial charge in [0, 0.05) is 16.0 Å². The van der Waals surface area contributed by atoms with Crippen molar-refractivity contribution in [3.8, 4) is 5.69 Å². The van der Waals surface area contributed by atoms with E-state index in [1.54, 1.807) is 23.0 Å². The molecule has 4 nitrogen and oxygen atoms in total. The average molecular weight is 288 g/mol. The number of nitrogens with zero attached hydrogens (tertiary/aromatic N) is 3. The van der Waals surface area contributed by atoms with Crippen LogP contribution in [-0.4, -0.2) is 15.0 Å². The van der Waals surface area contributed by atoms with Crippen LogP contribution >= 0.6 is 27.5 Å². The van der Waals surface area contributed by atoms with Crippen LogP contribution < -0.4 is 5.73 Å². The minimum absolute atomic E-state index is 0.380. The zero-order valence-corrected chi connectivity index (χ0v) is 10.0. The van der Waals surface area contributed by atoms with E-state index in [2.05, 4.69) is 26.2 Å². The Kier molecular flexibility index (Phi) is 3.04. The van der Waals surface area contributed by atoms with Crippen LogP contribution in [0.15, 0.2) is 28.9 Å². The maximum absolute atomic E-state index is 5.84. The lowest BCUT2D eigenvalue weighted by Crippen LogP contribution is -1.96. The van der Waals surface area contributed by atoms with Crippen molar-refractivity contribution in [3.63, 3.8) is 0 Å². The van der Waals surface area contributed by atoms with Crippen LogP contribution in [0.5, 0.6) is 0 Å². The molecule has 0 aliphatic carbocycles. The molecule has 0 fully saturated rings. The first kappa shape index (κ1) is 10.6. The number of hydrogen-bond donors (Lipinski definition) is 1. The fourth-order valence-electron chi connectivity index (χ4n) is 1.18. The van der Waals surface area contributed by atoms with Crippen molar-refractivity contribution in [1.29, 1.82) is 0 Å². The molecule has 0 radical (unpaired) electrons. The van der Waals surface area contributed by atoms with Crippen molar-refractivity contribution in [2.75, 3.05) is 0 Å². The number of rotatable bonds is 2. The van der Waals surface area contributed by atoms with E-state index in [-0.39, 0.29) is 0 Å². The van der Waals surface area contributed by atoms with Gasteiger partial charge in [0.15, 0.2) is 0 Å². The summed E-state index contributed by atoms with van der Waals surface area (Å²) < 4.78 is 2.52. The van der Waals surface area contributed by atoms with E-state index >= 15 is 0 Å². The number of hydrogen-bond acceptors (Lipinski definition) is 3. The molecule has 6 heteroatoms. The van der Waals surface area contributed by atoms with Crippen molar-refractivity contribution in [3.05, 3.63) is 39.6 Å². The zero-order chi connectivity index (χ0) is 10.8. The minimum Gasteiger partial charge on any atom is -0.325 e. The van der Waals surface area contributed by atoms with Crippen LogP contribution in [0.1, 0.15) is 5.69 Å². The number of aromatic nitrogens is 3. The lowest BCUT2D eigenvalue weighted by Gasteiger charge is -2.02. The smallest absolute Gasteiger partial charge is 0.0967 e. The first-order valence-corrected chi connectivity index (χ1v) is 5.44. The van der Waals surface area contributed by atoms with Crippen LogP contribution in [0, 0.1) is 0 Å². The topological polar surface area (TPSA) is 56.7 Å². The molecule has 15 heavy (non-hydrogen) atoms. The first-order valence-electron chi connectivity index (χ1n) is 4.27. The standard InChI is InChI=1S/C9H8BrClN4/c10-8-3-6(11)1-2-9(8)15-5-7(4-12)13-14-15/h1-3,5H,4,12H2. The maximum atomic E-state index is 5.84. The van der Waals surface area contributed by atoms with Crippen LogP contribution in [0.2, 0.25) is 5.02 Å². The second-order valence-corrected chi connectivity index (χ2v) is 4.25. The normalized spacial score (nSPS) is 10.6. The summed E-state index contributed by atoms with van der Waals surface area (Å²) in [5.41, 5.74) is 7.08.